The highest BCUT2D eigenvalue weighted by atomic mass is 35.5. The number of fused-ring (bicyclic) bond motifs is 5. The SMILES string of the molecule is C[C@]12CCC(=O)C=C1C=C[C@H]1[C@@H]3CC[C@](O)(C(=O)CO)[C@@]3(C)C[C@H](Cl)[C@@]12Cl. The van der Waals surface area contributed by atoms with Crippen LogP contribution in [0, 0.1) is 22.7 Å². The Hall–Kier alpha value is -0.680. The van der Waals surface area contributed by atoms with Gasteiger partial charge in [-0.3, -0.25) is 9.59 Å². The first kappa shape index (κ1) is 19.6. The maximum Gasteiger partial charge on any atom is 0.190 e. The van der Waals surface area contributed by atoms with Gasteiger partial charge in [0.25, 0.3) is 0 Å². The van der Waals surface area contributed by atoms with Crippen molar-refractivity contribution in [2.75, 3.05) is 6.61 Å². The number of halogens is 2. The van der Waals surface area contributed by atoms with E-state index < -0.39 is 39.1 Å². The second-order valence-electron chi connectivity index (χ2n) is 9.23. The highest BCUT2D eigenvalue weighted by Gasteiger charge is 2.72. The van der Waals surface area contributed by atoms with Gasteiger partial charge in [0, 0.05) is 23.2 Å². The van der Waals surface area contributed by atoms with Gasteiger partial charge in [0.2, 0.25) is 0 Å². The Bertz CT molecular complexity index is 776. The fraction of sp³-hybridized carbons (Fsp3) is 0.714. The molecule has 0 bridgehead atoms. The second kappa shape index (κ2) is 5.91. The summed E-state index contributed by atoms with van der Waals surface area (Å²) in [5, 5.41) is 20.2. The molecule has 6 heteroatoms. The summed E-state index contributed by atoms with van der Waals surface area (Å²) >= 11 is 14.3. The van der Waals surface area contributed by atoms with Crippen LogP contribution in [-0.2, 0) is 9.59 Å². The molecule has 4 nitrogen and oxygen atoms in total. The van der Waals surface area contributed by atoms with Crippen molar-refractivity contribution in [1.29, 1.82) is 0 Å². The number of Topliss-reactive ketones (excluding diaryl/α,β-unsaturated/α-hetero) is 1. The Balaban J connectivity index is 1.84. The summed E-state index contributed by atoms with van der Waals surface area (Å²) < 4.78 is 0. The van der Waals surface area contributed by atoms with Crippen molar-refractivity contribution in [2.45, 2.75) is 61.8 Å². The zero-order valence-electron chi connectivity index (χ0n) is 15.7. The Morgan fingerprint density at radius 1 is 1.33 bits per heavy atom. The summed E-state index contributed by atoms with van der Waals surface area (Å²) in [5.74, 6) is -0.552. The van der Waals surface area contributed by atoms with E-state index in [1.807, 2.05) is 19.1 Å². The molecular weight excluding hydrogens is 387 g/mol. The lowest BCUT2D eigenvalue weighted by Gasteiger charge is -2.63. The number of ketones is 2. The molecule has 0 aliphatic heterocycles. The maximum absolute atomic E-state index is 12.4. The van der Waals surface area contributed by atoms with E-state index >= 15 is 0 Å². The van der Waals surface area contributed by atoms with Gasteiger partial charge in [-0.25, -0.2) is 0 Å². The van der Waals surface area contributed by atoms with Crippen LogP contribution in [0.2, 0.25) is 0 Å². The molecule has 0 heterocycles. The predicted octanol–water partition coefficient (Wildman–Crippen LogP) is 3.17. The van der Waals surface area contributed by atoms with Gasteiger partial charge < -0.3 is 10.2 Å². The largest absolute Gasteiger partial charge is 0.388 e. The van der Waals surface area contributed by atoms with E-state index in [0.29, 0.717) is 32.1 Å². The summed E-state index contributed by atoms with van der Waals surface area (Å²) in [4.78, 5) is 23.6. The Kier molecular flexibility index (Phi) is 4.30. The molecule has 7 atom stereocenters. The molecule has 148 valence electrons. The van der Waals surface area contributed by atoms with Crippen molar-refractivity contribution in [1.82, 2.24) is 0 Å². The van der Waals surface area contributed by atoms with E-state index in [1.165, 1.54) is 0 Å². The molecule has 2 saturated carbocycles. The molecule has 0 radical (unpaired) electrons. The molecule has 0 unspecified atom stereocenters. The van der Waals surface area contributed by atoms with Gasteiger partial charge in [0.15, 0.2) is 11.6 Å². The highest BCUT2D eigenvalue weighted by Crippen LogP contribution is 2.70. The molecule has 0 aromatic rings. The summed E-state index contributed by atoms with van der Waals surface area (Å²) in [6, 6.07) is 0. The minimum absolute atomic E-state index is 0.0160. The molecule has 0 aromatic heterocycles. The van der Waals surface area contributed by atoms with Crippen LogP contribution < -0.4 is 0 Å². The molecule has 4 aliphatic carbocycles. The quantitative estimate of drug-likeness (QED) is 0.682. The van der Waals surface area contributed by atoms with Crippen molar-refractivity contribution in [3.63, 3.8) is 0 Å². The first-order chi connectivity index (χ1) is 12.5. The minimum atomic E-state index is -1.58. The van der Waals surface area contributed by atoms with Gasteiger partial charge in [0.1, 0.15) is 12.2 Å². The van der Waals surface area contributed by atoms with Crippen LogP contribution in [0.15, 0.2) is 23.8 Å². The highest BCUT2D eigenvalue weighted by molar-refractivity contribution is 6.34. The predicted molar refractivity (Wildman–Crippen MR) is 104 cm³/mol. The molecule has 4 rings (SSSR count). The molecule has 27 heavy (non-hydrogen) atoms. The lowest BCUT2D eigenvalue weighted by atomic mass is 9.47. The molecule has 0 saturated heterocycles. The van der Waals surface area contributed by atoms with Crippen molar-refractivity contribution in [3.8, 4) is 0 Å². The molecule has 2 N–H and O–H groups in total. The summed E-state index contributed by atoms with van der Waals surface area (Å²) in [6.07, 6.45) is 8.17. The monoisotopic (exact) mass is 412 g/mol. The summed E-state index contributed by atoms with van der Waals surface area (Å²) in [5.41, 5.74) is -1.82. The van der Waals surface area contributed by atoms with Crippen molar-refractivity contribution in [3.05, 3.63) is 23.8 Å². The lowest BCUT2D eigenvalue weighted by Crippen LogP contribution is -2.67. The van der Waals surface area contributed by atoms with E-state index in [0.717, 1.165) is 5.57 Å². The van der Waals surface area contributed by atoms with Crippen LogP contribution in [0.4, 0.5) is 0 Å². The van der Waals surface area contributed by atoms with Gasteiger partial charge in [0.05, 0.1) is 10.3 Å². The van der Waals surface area contributed by atoms with Gasteiger partial charge >= 0.3 is 0 Å². The van der Waals surface area contributed by atoms with Gasteiger partial charge in [-0.15, -0.1) is 23.2 Å². The molecular formula is C21H26Cl2O4. The van der Waals surface area contributed by atoms with E-state index in [9.17, 15) is 19.8 Å². The van der Waals surface area contributed by atoms with E-state index in [4.69, 9.17) is 23.2 Å². The third kappa shape index (κ3) is 2.19. The number of aliphatic hydroxyl groups excluding tert-OH is 1. The maximum atomic E-state index is 12.4. The molecule has 0 spiro atoms. The minimum Gasteiger partial charge on any atom is -0.388 e. The van der Waals surface area contributed by atoms with Crippen LogP contribution in [-0.4, -0.2) is 44.2 Å². The third-order valence-corrected chi connectivity index (χ3v) is 9.86. The zero-order chi connectivity index (χ0) is 19.8. The normalized spacial score (nSPS) is 51.3. The number of carbonyl (C=O) groups is 2. The van der Waals surface area contributed by atoms with E-state index in [2.05, 4.69) is 6.92 Å². The third-order valence-electron chi connectivity index (χ3n) is 8.32. The van der Waals surface area contributed by atoms with Crippen molar-refractivity contribution in [2.24, 2.45) is 22.7 Å². The van der Waals surface area contributed by atoms with E-state index in [1.54, 1.807) is 6.08 Å². The number of alkyl halides is 2. The van der Waals surface area contributed by atoms with Crippen LogP contribution in [0.25, 0.3) is 0 Å². The Morgan fingerprint density at radius 3 is 2.70 bits per heavy atom. The zero-order valence-corrected chi connectivity index (χ0v) is 17.2. The topological polar surface area (TPSA) is 74.6 Å². The Labute approximate surface area is 169 Å². The average Bonchev–Trinajstić information content (AvgIpc) is 2.88. The fourth-order valence-corrected chi connectivity index (χ4v) is 7.76. The first-order valence-corrected chi connectivity index (χ1v) is 10.5. The van der Waals surface area contributed by atoms with Crippen LogP contribution >= 0.6 is 23.2 Å². The number of allylic oxidation sites excluding steroid dienone is 4. The van der Waals surface area contributed by atoms with Gasteiger partial charge in [-0.2, -0.15) is 0 Å². The number of aliphatic hydroxyl groups is 2. The lowest BCUT2D eigenvalue weighted by molar-refractivity contribution is -0.160. The van der Waals surface area contributed by atoms with Crippen LogP contribution in [0.5, 0.6) is 0 Å². The van der Waals surface area contributed by atoms with Crippen LogP contribution in [0.3, 0.4) is 0 Å². The standard InChI is InChI=1S/C21H26Cl2O4/c1-18-7-5-13(25)9-12(18)3-4-15-14-6-8-20(27,17(26)11-24)19(14,2)10-16(22)21(15,18)23/h3-4,9,14-16,24,27H,5-8,10-11H2,1-2H3/t14-,15-,16-,18-,19-,20-,21-/m0/s1. The first-order valence-electron chi connectivity index (χ1n) is 9.67. The smallest absolute Gasteiger partial charge is 0.190 e. The summed E-state index contributed by atoms with van der Waals surface area (Å²) in [7, 11) is 0. The molecule has 0 aromatic carbocycles. The average molecular weight is 413 g/mol. The fourth-order valence-electron chi connectivity index (χ4n) is 6.54. The summed E-state index contributed by atoms with van der Waals surface area (Å²) in [6.45, 7) is 3.33. The molecule has 2 fully saturated rings. The molecule has 0 amide bonds. The van der Waals surface area contributed by atoms with E-state index in [-0.39, 0.29) is 17.6 Å². The second-order valence-corrected chi connectivity index (χ2v) is 10.4. The van der Waals surface area contributed by atoms with Crippen LogP contribution in [0.1, 0.15) is 46.0 Å². The molecule has 4 aliphatic rings. The number of hydrogen-bond acceptors (Lipinski definition) is 4. The van der Waals surface area contributed by atoms with Gasteiger partial charge in [-0.05, 0) is 43.3 Å². The number of hydrogen-bond donors (Lipinski definition) is 2. The van der Waals surface area contributed by atoms with Crippen molar-refractivity contribution >= 4 is 34.8 Å². The Morgan fingerprint density at radius 2 is 2.04 bits per heavy atom. The number of carbonyl (C=O) groups excluding carboxylic acids is 2. The van der Waals surface area contributed by atoms with Crippen molar-refractivity contribution < 1.29 is 19.8 Å². The number of rotatable bonds is 2. The van der Waals surface area contributed by atoms with Gasteiger partial charge in [-0.1, -0.05) is 26.0 Å².